The molecular formula is C8H18N2O4S. The largest absolute Gasteiger partial charge is 0.314 e. The van der Waals surface area contributed by atoms with Crippen LogP contribution in [0, 0.1) is 4.91 Å². The molecule has 0 aromatic rings. The van der Waals surface area contributed by atoms with Gasteiger partial charge in [0.05, 0.1) is 12.3 Å². The first-order valence-corrected chi connectivity index (χ1v) is 6.54. The van der Waals surface area contributed by atoms with E-state index in [1.807, 2.05) is 6.92 Å². The van der Waals surface area contributed by atoms with Crippen LogP contribution in [-0.4, -0.2) is 37.9 Å². The molecule has 0 bridgehead atoms. The van der Waals surface area contributed by atoms with Crippen molar-refractivity contribution in [2.24, 2.45) is 5.18 Å². The van der Waals surface area contributed by atoms with Crippen molar-refractivity contribution in [3.05, 3.63) is 4.91 Å². The Kier molecular flexibility index (Phi) is 7.45. The van der Waals surface area contributed by atoms with Gasteiger partial charge >= 0.3 is 0 Å². The average Bonchev–Trinajstić information content (AvgIpc) is 2.11. The molecule has 1 atom stereocenters. The second-order valence-corrected chi connectivity index (χ2v) is 5.06. The number of hydrogen-bond donors (Lipinski definition) is 2. The maximum Gasteiger partial charge on any atom is 0.264 e. The molecule has 0 fully saturated rings. The van der Waals surface area contributed by atoms with Gasteiger partial charge in [0.25, 0.3) is 10.1 Å². The second kappa shape index (κ2) is 7.72. The van der Waals surface area contributed by atoms with Gasteiger partial charge in [0, 0.05) is 6.04 Å². The highest BCUT2D eigenvalue weighted by Gasteiger charge is 2.05. The zero-order valence-corrected chi connectivity index (χ0v) is 9.66. The Morgan fingerprint density at radius 3 is 2.60 bits per heavy atom. The standard InChI is InChI=1S/C8H18N2O4S/c1-8(4-2-6-10-11)9-5-3-7-15(12,13)14/h8-9H,2-7H2,1H3,(H,12,13,14). The quantitative estimate of drug-likeness (QED) is 0.352. The van der Waals surface area contributed by atoms with Crippen molar-refractivity contribution >= 4 is 10.1 Å². The molecule has 0 aromatic carbocycles. The molecule has 0 aliphatic carbocycles. The van der Waals surface area contributed by atoms with E-state index in [2.05, 4.69) is 10.5 Å². The number of hydrogen-bond acceptors (Lipinski definition) is 5. The summed E-state index contributed by atoms with van der Waals surface area (Å²) in [4.78, 5) is 9.79. The third-order valence-corrected chi connectivity index (χ3v) is 2.76. The van der Waals surface area contributed by atoms with Crippen LogP contribution >= 0.6 is 0 Å². The minimum Gasteiger partial charge on any atom is -0.314 e. The zero-order valence-electron chi connectivity index (χ0n) is 8.85. The van der Waals surface area contributed by atoms with Crippen LogP contribution in [0.1, 0.15) is 26.2 Å². The van der Waals surface area contributed by atoms with Crippen LogP contribution in [0.4, 0.5) is 0 Å². The lowest BCUT2D eigenvalue weighted by Gasteiger charge is -2.11. The fraction of sp³-hybridized carbons (Fsp3) is 1.00. The maximum atomic E-state index is 10.4. The Balaban J connectivity index is 3.38. The fourth-order valence-electron chi connectivity index (χ4n) is 1.17. The summed E-state index contributed by atoms with van der Waals surface area (Å²) in [5, 5.41) is 5.84. The van der Waals surface area contributed by atoms with E-state index < -0.39 is 10.1 Å². The first kappa shape index (κ1) is 14.5. The number of nitrogens with zero attached hydrogens (tertiary/aromatic N) is 1. The molecule has 0 spiro atoms. The summed E-state index contributed by atoms with van der Waals surface area (Å²) in [7, 11) is -3.84. The topological polar surface area (TPSA) is 95.8 Å². The summed E-state index contributed by atoms with van der Waals surface area (Å²) in [6.07, 6.45) is 1.95. The van der Waals surface area contributed by atoms with Gasteiger partial charge in [0.15, 0.2) is 0 Å². The molecule has 0 heterocycles. The summed E-state index contributed by atoms with van der Waals surface area (Å²) in [6.45, 7) is 2.81. The smallest absolute Gasteiger partial charge is 0.264 e. The van der Waals surface area contributed by atoms with Crippen LogP contribution < -0.4 is 5.32 Å². The van der Waals surface area contributed by atoms with Gasteiger partial charge in [-0.3, -0.25) is 4.55 Å². The van der Waals surface area contributed by atoms with E-state index >= 15 is 0 Å². The molecule has 15 heavy (non-hydrogen) atoms. The van der Waals surface area contributed by atoms with Crippen LogP contribution in [0.2, 0.25) is 0 Å². The number of rotatable bonds is 9. The van der Waals surface area contributed by atoms with Gasteiger partial charge in [-0.1, -0.05) is 5.18 Å². The monoisotopic (exact) mass is 238 g/mol. The molecule has 7 heteroatoms. The van der Waals surface area contributed by atoms with Crippen molar-refractivity contribution in [1.82, 2.24) is 5.32 Å². The Bertz CT molecular complexity index is 266. The van der Waals surface area contributed by atoms with E-state index in [0.29, 0.717) is 19.5 Å². The van der Waals surface area contributed by atoms with Crippen molar-refractivity contribution in [1.29, 1.82) is 0 Å². The summed E-state index contributed by atoms with van der Waals surface area (Å²) in [5.41, 5.74) is 0. The molecule has 6 nitrogen and oxygen atoms in total. The van der Waals surface area contributed by atoms with Crippen molar-refractivity contribution in [3.8, 4) is 0 Å². The summed E-state index contributed by atoms with van der Waals surface area (Å²) in [6, 6.07) is 0.230. The zero-order chi connectivity index (χ0) is 11.7. The molecule has 0 rings (SSSR count). The van der Waals surface area contributed by atoms with Gasteiger partial charge in [0.1, 0.15) is 0 Å². The molecule has 0 saturated heterocycles. The molecule has 0 aliphatic heterocycles. The third-order valence-electron chi connectivity index (χ3n) is 1.96. The van der Waals surface area contributed by atoms with Gasteiger partial charge in [-0.25, -0.2) is 0 Å². The number of nitroso groups, excluding NO2 is 1. The highest BCUT2D eigenvalue weighted by molar-refractivity contribution is 7.85. The van der Waals surface area contributed by atoms with Crippen LogP contribution in [0.5, 0.6) is 0 Å². The van der Waals surface area contributed by atoms with Crippen LogP contribution in [0.25, 0.3) is 0 Å². The van der Waals surface area contributed by atoms with Gasteiger partial charge < -0.3 is 5.32 Å². The first-order valence-electron chi connectivity index (χ1n) is 4.93. The summed E-state index contributed by atoms with van der Waals surface area (Å²) in [5.74, 6) is -0.220. The lowest BCUT2D eigenvalue weighted by molar-refractivity contribution is 0.471. The molecule has 0 aromatic heterocycles. The Labute approximate surface area is 90.2 Å². The molecule has 2 N–H and O–H groups in total. The lowest BCUT2D eigenvalue weighted by Crippen LogP contribution is -2.28. The molecule has 0 saturated carbocycles. The molecule has 0 aliphatic rings. The molecule has 1 unspecified atom stereocenters. The predicted molar refractivity (Wildman–Crippen MR) is 58.4 cm³/mol. The Hall–Kier alpha value is -0.530. The molecule has 0 radical (unpaired) electrons. The third kappa shape index (κ3) is 11.4. The van der Waals surface area contributed by atoms with E-state index in [1.54, 1.807) is 0 Å². The number of nitrogens with one attached hydrogen (secondary N) is 1. The van der Waals surface area contributed by atoms with Crippen LogP contribution in [0.15, 0.2) is 5.18 Å². The fourth-order valence-corrected chi connectivity index (χ4v) is 1.68. The molecule has 90 valence electrons. The van der Waals surface area contributed by atoms with Crippen LogP contribution in [0.3, 0.4) is 0 Å². The second-order valence-electron chi connectivity index (χ2n) is 3.49. The van der Waals surface area contributed by atoms with Crippen molar-refractivity contribution in [3.63, 3.8) is 0 Å². The summed E-state index contributed by atoms with van der Waals surface area (Å²) < 4.78 is 29.2. The maximum absolute atomic E-state index is 10.4. The SMILES string of the molecule is CC(CCCN=O)NCCCS(=O)(=O)O. The highest BCUT2D eigenvalue weighted by Crippen LogP contribution is 1.97. The van der Waals surface area contributed by atoms with Crippen molar-refractivity contribution in [2.45, 2.75) is 32.2 Å². The van der Waals surface area contributed by atoms with Gasteiger partial charge in [-0.2, -0.15) is 13.3 Å². The van der Waals surface area contributed by atoms with Crippen LogP contribution in [-0.2, 0) is 10.1 Å². The van der Waals surface area contributed by atoms with E-state index in [1.165, 1.54) is 0 Å². The lowest BCUT2D eigenvalue weighted by atomic mass is 10.2. The van der Waals surface area contributed by atoms with Crippen molar-refractivity contribution < 1.29 is 13.0 Å². The first-order chi connectivity index (χ1) is 6.95. The predicted octanol–water partition coefficient (Wildman–Crippen LogP) is 0.789. The van der Waals surface area contributed by atoms with Crippen molar-refractivity contribution in [2.75, 3.05) is 18.8 Å². The van der Waals surface area contributed by atoms with Gasteiger partial charge in [0.2, 0.25) is 0 Å². The Morgan fingerprint density at radius 1 is 1.40 bits per heavy atom. The molecular weight excluding hydrogens is 220 g/mol. The van der Waals surface area contributed by atoms with E-state index in [4.69, 9.17) is 4.55 Å². The minimum absolute atomic E-state index is 0.220. The van der Waals surface area contributed by atoms with E-state index in [0.717, 1.165) is 12.8 Å². The average molecular weight is 238 g/mol. The highest BCUT2D eigenvalue weighted by atomic mass is 32.2. The minimum atomic E-state index is -3.84. The Morgan fingerprint density at radius 2 is 2.07 bits per heavy atom. The normalized spacial score (nSPS) is 13.7. The van der Waals surface area contributed by atoms with Gasteiger partial charge in [-0.05, 0) is 32.7 Å². The van der Waals surface area contributed by atoms with E-state index in [9.17, 15) is 13.3 Å². The van der Waals surface area contributed by atoms with Gasteiger partial charge in [-0.15, -0.1) is 0 Å². The molecule has 0 amide bonds. The summed E-state index contributed by atoms with van der Waals surface area (Å²) >= 11 is 0. The van der Waals surface area contributed by atoms with E-state index in [-0.39, 0.29) is 11.8 Å².